The van der Waals surface area contributed by atoms with Gasteiger partial charge in [0.15, 0.2) is 0 Å². The number of benzene rings is 2. The number of ether oxygens (including phenoxy) is 1. The molecule has 0 bridgehead atoms. The molecule has 0 saturated carbocycles. The Balaban J connectivity index is 1.87. The molecule has 154 valence electrons. The Labute approximate surface area is 176 Å². The van der Waals surface area contributed by atoms with Gasteiger partial charge >= 0.3 is 5.69 Å². The van der Waals surface area contributed by atoms with Gasteiger partial charge in [0.25, 0.3) is 5.91 Å². The summed E-state index contributed by atoms with van der Waals surface area (Å²) in [6.45, 7) is 1.77. The largest absolute Gasteiger partial charge is 0.496 e. The van der Waals surface area contributed by atoms with E-state index in [0.717, 1.165) is 6.33 Å². The molecule has 3 N–H and O–H groups in total. The Morgan fingerprint density at radius 3 is 2.60 bits per heavy atom. The molecule has 0 aliphatic heterocycles. The second-order valence-electron chi connectivity index (χ2n) is 5.99. The third-order valence-corrected chi connectivity index (χ3v) is 4.58. The number of nitrogens with one attached hydrogen (secondary N) is 3. The van der Waals surface area contributed by atoms with E-state index in [4.69, 9.17) is 16.3 Å². The van der Waals surface area contributed by atoms with Crippen molar-refractivity contribution in [1.82, 2.24) is 15.4 Å². The summed E-state index contributed by atoms with van der Waals surface area (Å²) >= 11 is 6.10. The maximum absolute atomic E-state index is 12.4. The summed E-state index contributed by atoms with van der Waals surface area (Å²) in [6.07, 6.45) is 1.13. The minimum atomic E-state index is -0.653. The highest BCUT2D eigenvalue weighted by molar-refractivity contribution is 6.31. The van der Waals surface area contributed by atoms with Crippen molar-refractivity contribution in [3.63, 3.8) is 0 Å². The lowest BCUT2D eigenvalue weighted by Gasteiger charge is -2.13. The molecule has 0 fully saturated rings. The molecule has 1 heterocycles. The van der Waals surface area contributed by atoms with Crippen LogP contribution in [0.25, 0.3) is 0 Å². The fraction of sp³-hybridized carbons (Fsp3) is 0.105. The molecule has 0 aliphatic rings. The zero-order valence-corrected chi connectivity index (χ0v) is 16.7. The first kappa shape index (κ1) is 20.8. The second-order valence-corrected chi connectivity index (χ2v) is 6.40. The molecule has 1 amide bonds. The van der Waals surface area contributed by atoms with Crippen LogP contribution in [-0.2, 0) is 0 Å². The lowest BCUT2D eigenvalue weighted by Crippen LogP contribution is -2.30. The van der Waals surface area contributed by atoms with Gasteiger partial charge in [-0.2, -0.15) is 0 Å². The van der Waals surface area contributed by atoms with Crippen LogP contribution in [0.15, 0.2) is 48.8 Å². The molecule has 3 aromatic rings. The molecule has 10 nitrogen and oxygen atoms in total. The van der Waals surface area contributed by atoms with E-state index < -0.39 is 16.5 Å². The minimum absolute atomic E-state index is 0.0607. The number of carbonyl (C=O) groups is 1. The van der Waals surface area contributed by atoms with E-state index in [0.29, 0.717) is 22.0 Å². The van der Waals surface area contributed by atoms with Crippen LogP contribution in [0.5, 0.6) is 5.75 Å². The first-order valence-corrected chi connectivity index (χ1v) is 9.01. The van der Waals surface area contributed by atoms with E-state index in [-0.39, 0.29) is 17.2 Å². The van der Waals surface area contributed by atoms with E-state index in [1.165, 1.54) is 7.11 Å². The van der Waals surface area contributed by atoms with Crippen LogP contribution in [0.2, 0.25) is 5.02 Å². The number of nitrogens with zero attached hydrogens (tertiary/aromatic N) is 3. The highest BCUT2D eigenvalue weighted by atomic mass is 35.5. The molecule has 1 aromatic heterocycles. The zero-order chi connectivity index (χ0) is 21.7. The number of aromatic nitrogens is 2. The van der Waals surface area contributed by atoms with Crippen LogP contribution in [0, 0.1) is 17.0 Å². The number of amides is 1. The first-order chi connectivity index (χ1) is 14.4. The minimum Gasteiger partial charge on any atom is -0.496 e. The Morgan fingerprint density at radius 2 is 1.87 bits per heavy atom. The normalized spacial score (nSPS) is 10.2. The average Bonchev–Trinajstić information content (AvgIpc) is 2.75. The van der Waals surface area contributed by atoms with Crippen LogP contribution in [-0.4, -0.2) is 27.9 Å². The summed E-state index contributed by atoms with van der Waals surface area (Å²) in [6, 6.07) is 11.7. The Bertz CT molecular complexity index is 1110. The molecule has 0 aliphatic carbocycles. The second kappa shape index (κ2) is 9.05. The molecule has 11 heteroatoms. The van der Waals surface area contributed by atoms with Crippen LogP contribution in [0.4, 0.5) is 23.0 Å². The van der Waals surface area contributed by atoms with Crippen molar-refractivity contribution in [2.45, 2.75) is 6.92 Å². The predicted octanol–water partition coefficient (Wildman–Crippen LogP) is 3.86. The zero-order valence-electron chi connectivity index (χ0n) is 16.0. The van der Waals surface area contributed by atoms with Gasteiger partial charge in [-0.15, -0.1) is 0 Å². The number of methoxy groups -OCH3 is 1. The molecule has 0 saturated heterocycles. The number of nitro groups is 1. The van der Waals surface area contributed by atoms with Crippen molar-refractivity contribution in [1.29, 1.82) is 0 Å². The molecule has 0 spiro atoms. The SMILES string of the molecule is COc1ccccc1C(=O)NNc1ncnc(Nc2cccc(Cl)c2C)c1[N+](=O)[O-]. The van der Waals surface area contributed by atoms with Crippen molar-refractivity contribution in [2.24, 2.45) is 0 Å². The van der Waals surface area contributed by atoms with Gasteiger partial charge in [0, 0.05) is 10.7 Å². The van der Waals surface area contributed by atoms with Crippen LogP contribution >= 0.6 is 11.6 Å². The Kier molecular flexibility index (Phi) is 6.28. The monoisotopic (exact) mass is 428 g/mol. The van der Waals surface area contributed by atoms with Crippen LogP contribution in [0.1, 0.15) is 15.9 Å². The van der Waals surface area contributed by atoms with E-state index in [1.54, 1.807) is 49.4 Å². The fourth-order valence-corrected chi connectivity index (χ4v) is 2.80. The molecular weight excluding hydrogens is 412 g/mol. The number of hydrogen-bond acceptors (Lipinski definition) is 8. The molecule has 3 rings (SSSR count). The summed E-state index contributed by atoms with van der Waals surface area (Å²) in [7, 11) is 1.44. The average molecular weight is 429 g/mol. The van der Waals surface area contributed by atoms with E-state index in [1.807, 2.05) is 0 Å². The predicted molar refractivity (Wildman–Crippen MR) is 112 cm³/mol. The van der Waals surface area contributed by atoms with Gasteiger partial charge in [-0.1, -0.05) is 29.8 Å². The third kappa shape index (κ3) is 4.39. The number of carbonyl (C=O) groups excluding carboxylic acids is 1. The summed E-state index contributed by atoms with van der Waals surface area (Å²) in [4.78, 5) is 31.3. The number of halogens is 1. The molecule has 30 heavy (non-hydrogen) atoms. The van der Waals surface area contributed by atoms with Gasteiger partial charge in [-0.25, -0.2) is 9.97 Å². The van der Waals surface area contributed by atoms with E-state index >= 15 is 0 Å². The molecule has 0 radical (unpaired) electrons. The highest BCUT2D eigenvalue weighted by Gasteiger charge is 2.24. The van der Waals surface area contributed by atoms with Crippen LogP contribution in [0.3, 0.4) is 0 Å². The van der Waals surface area contributed by atoms with Gasteiger partial charge in [0.2, 0.25) is 11.6 Å². The van der Waals surface area contributed by atoms with Crippen molar-refractivity contribution in [3.05, 3.63) is 75.1 Å². The lowest BCUT2D eigenvalue weighted by atomic mass is 10.2. The van der Waals surface area contributed by atoms with Crippen molar-refractivity contribution in [3.8, 4) is 5.75 Å². The molecule has 0 unspecified atom stereocenters. The van der Waals surface area contributed by atoms with Crippen molar-refractivity contribution >= 4 is 40.5 Å². The lowest BCUT2D eigenvalue weighted by molar-refractivity contribution is -0.383. The fourth-order valence-electron chi connectivity index (χ4n) is 2.62. The summed E-state index contributed by atoms with van der Waals surface area (Å²) in [5.41, 5.74) is 5.92. The Hall–Kier alpha value is -3.92. The summed E-state index contributed by atoms with van der Waals surface area (Å²) in [5.74, 6) is -0.455. The highest BCUT2D eigenvalue weighted by Crippen LogP contribution is 2.33. The molecular formula is C19H17ClN6O4. The van der Waals surface area contributed by atoms with E-state index in [9.17, 15) is 14.9 Å². The van der Waals surface area contributed by atoms with Gasteiger partial charge in [0.1, 0.15) is 12.1 Å². The maximum atomic E-state index is 12.4. The number of hydrogen-bond donors (Lipinski definition) is 3. The van der Waals surface area contributed by atoms with Gasteiger partial charge < -0.3 is 10.1 Å². The molecule has 0 atom stereocenters. The quantitative estimate of drug-likeness (QED) is 0.382. The number of para-hydroxylation sites is 1. The van der Waals surface area contributed by atoms with E-state index in [2.05, 4.69) is 26.1 Å². The Morgan fingerprint density at radius 1 is 1.13 bits per heavy atom. The third-order valence-electron chi connectivity index (χ3n) is 4.17. The van der Waals surface area contributed by atoms with Crippen LogP contribution < -0.4 is 20.9 Å². The standard InChI is InChI=1S/C19H17ClN6O4/c1-11-13(20)7-5-8-14(11)23-17-16(26(28)29)18(22-10-21-17)24-25-19(27)12-6-3-4-9-15(12)30-2/h3-10H,1-2H3,(H,25,27)(H2,21,22,23,24). The van der Waals surface area contributed by atoms with Crippen molar-refractivity contribution < 1.29 is 14.5 Å². The summed E-state index contributed by atoms with van der Waals surface area (Å²) < 4.78 is 5.14. The maximum Gasteiger partial charge on any atom is 0.355 e. The molecule has 2 aromatic carbocycles. The number of anilines is 3. The van der Waals surface area contributed by atoms with Gasteiger partial charge in [-0.3, -0.25) is 25.8 Å². The van der Waals surface area contributed by atoms with Gasteiger partial charge in [-0.05, 0) is 36.8 Å². The smallest absolute Gasteiger partial charge is 0.355 e. The topological polar surface area (TPSA) is 131 Å². The first-order valence-electron chi connectivity index (χ1n) is 8.63. The van der Waals surface area contributed by atoms with Crippen molar-refractivity contribution in [2.75, 3.05) is 17.9 Å². The van der Waals surface area contributed by atoms with Gasteiger partial charge in [0.05, 0.1) is 17.6 Å². The number of hydrazine groups is 1. The summed E-state index contributed by atoms with van der Waals surface area (Å²) in [5, 5.41) is 15.1. The number of rotatable bonds is 7.